The summed E-state index contributed by atoms with van der Waals surface area (Å²) in [7, 11) is 0. The molecule has 0 bridgehead atoms. The molecule has 0 heterocycles. The second-order valence-corrected chi connectivity index (χ2v) is 7.74. The molecule has 26 heavy (non-hydrogen) atoms. The number of benzene rings is 1. The molecule has 0 spiro atoms. The van der Waals surface area contributed by atoms with Gasteiger partial charge < -0.3 is 15.6 Å². The predicted molar refractivity (Wildman–Crippen MR) is 82.9 cm³/mol. The number of carbonyl (C=O) groups excluding carboxylic acids is 1. The lowest BCUT2D eigenvalue weighted by molar-refractivity contribution is -0.135. The zero-order valence-corrected chi connectivity index (χ0v) is 14.2. The fraction of sp³-hybridized carbons (Fsp3) is 0.562. The van der Waals surface area contributed by atoms with E-state index in [0.29, 0.717) is 12.8 Å². The van der Waals surface area contributed by atoms with Crippen molar-refractivity contribution in [3.63, 3.8) is 0 Å². The SMILES string of the molecule is NC(=O)C1(COc2ccc(SC(F)(F)F)c3c2CC(F)(F)C3O)CCC1. The van der Waals surface area contributed by atoms with Gasteiger partial charge >= 0.3 is 5.51 Å². The maximum atomic E-state index is 13.9. The first-order valence-corrected chi connectivity index (χ1v) is 8.67. The lowest BCUT2D eigenvalue weighted by atomic mass is 9.69. The Morgan fingerprint density at radius 3 is 2.50 bits per heavy atom. The summed E-state index contributed by atoms with van der Waals surface area (Å²) in [5.41, 5.74) is -0.853. The number of carbonyl (C=O) groups is 1. The van der Waals surface area contributed by atoms with E-state index >= 15 is 0 Å². The Morgan fingerprint density at radius 1 is 1.35 bits per heavy atom. The lowest BCUT2D eigenvalue weighted by Gasteiger charge is -2.38. The zero-order chi connectivity index (χ0) is 19.3. The number of rotatable bonds is 5. The average molecular weight is 397 g/mol. The van der Waals surface area contributed by atoms with Crippen LogP contribution in [0.1, 0.15) is 36.5 Å². The number of nitrogens with two attached hydrogens (primary N) is 1. The van der Waals surface area contributed by atoms with E-state index in [1.165, 1.54) is 0 Å². The van der Waals surface area contributed by atoms with Gasteiger partial charge in [-0.25, -0.2) is 8.78 Å². The standard InChI is InChI=1S/C16H16F5NO3S/c17-15(18)6-8-9(25-7-14(13(22)24)4-1-5-14)2-3-10(11(8)12(15)23)26-16(19,20)21/h2-3,12,23H,1,4-7H2,(H2,22,24). The first kappa shape index (κ1) is 19.2. The van der Waals surface area contributed by atoms with E-state index in [0.717, 1.165) is 18.6 Å². The van der Waals surface area contributed by atoms with Crippen LogP contribution in [0, 0.1) is 5.41 Å². The molecule has 1 atom stereocenters. The van der Waals surface area contributed by atoms with Crippen LogP contribution in [0.3, 0.4) is 0 Å². The van der Waals surface area contributed by atoms with E-state index in [-0.39, 0.29) is 17.9 Å². The van der Waals surface area contributed by atoms with Gasteiger partial charge in [-0.3, -0.25) is 4.79 Å². The molecule has 1 fully saturated rings. The highest BCUT2D eigenvalue weighted by Crippen LogP contribution is 2.52. The van der Waals surface area contributed by atoms with Gasteiger partial charge in [0.2, 0.25) is 5.91 Å². The van der Waals surface area contributed by atoms with E-state index in [4.69, 9.17) is 10.5 Å². The number of primary amides is 1. The molecule has 2 aliphatic rings. The molecule has 1 saturated carbocycles. The van der Waals surface area contributed by atoms with Crippen molar-refractivity contribution in [3.05, 3.63) is 23.3 Å². The normalized spacial score (nSPS) is 23.2. The molecule has 0 aromatic heterocycles. The number of hydrogen-bond acceptors (Lipinski definition) is 4. The molecular weight excluding hydrogens is 381 g/mol. The van der Waals surface area contributed by atoms with Gasteiger partial charge in [-0.1, -0.05) is 6.42 Å². The molecule has 2 aliphatic carbocycles. The first-order valence-electron chi connectivity index (χ1n) is 7.85. The van der Waals surface area contributed by atoms with Gasteiger partial charge in [0.05, 0.1) is 5.41 Å². The van der Waals surface area contributed by atoms with Crippen LogP contribution < -0.4 is 10.5 Å². The maximum Gasteiger partial charge on any atom is 0.446 e. The Bertz CT molecular complexity index is 733. The lowest BCUT2D eigenvalue weighted by Crippen LogP contribution is -2.47. The Morgan fingerprint density at radius 2 is 2.00 bits per heavy atom. The molecule has 3 rings (SSSR count). The summed E-state index contributed by atoms with van der Waals surface area (Å²) in [6.07, 6.45) is -1.49. The van der Waals surface area contributed by atoms with Crippen molar-refractivity contribution in [1.29, 1.82) is 0 Å². The van der Waals surface area contributed by atoms with Gasteiger partial charge in [0, 0.05) is 22.4 Å². The molecule has 1 aromatic carbocycles. The molecule has 0 saturated heterocycles. The first-order chi connectivity index (χ1) is 12.0. The zero-order valence-electron chi connectivity index (χ0n) is 13.4. The molecule has 4 nitrogen and oxygen atoms in total. The van der Waals surface area contributed by atoms with Crippen molar-refractivity contribution in [2.45, 2.75) is 48.1 Å². The van der Waals surface area contributed by atoms with Crippen LogP contribution in [0.15, 0.2) is 17.0 Å². The van der Waals surface area contributed by atoms with E-state index in [1.807, 2.05) is 0 Å². The largest absolute Gasteiger partial charge is 0.492 e. The highest BCUT2D eigenvalue weighted by molar-refractivity contribution is 8.00. The molecule has 1 amide bonds. The fourth-order valence-corrected chi connectivity index (χ4v) is 4.01. The van der Waals surface area contributed by atoms with Crippen molar-refractivity contribution in [3.8, 4) is 5.75 Å². The third-order valence-corrected chi connectivity index (χ3v) is 5.73. The fourth-order valence-electron chi connectivity index (χ4n) is 3.28. The molecular formula is C16H16F5NO3S. The van der Waals surface area contributed by atoms with Gasteiger partial charge in [-0.2, -0.15) is 13.2 Å². The Hall–Kier alpha value is -1.55. The Kier molecular flexibility index (Phi) is 4.63. The van der Waals surface area contributed by atoms with Gasteiger partial charge in [0.1, 0.15) is 18.5 Å². The van der Waals surface area contributed by atoms with Crippen molar-refractivity contribution in [2.24, 2.45) is 11.1 Å². The van der Waals surface area contributed by atoms with Crippen LogP contribution in [0.25, 0.3) is 0 Å². The summed E-state index contributed by atoms with van der Waals surface area (Å²) in [5, 5.41) is 9.82. The molecule has 3 N–H and O–H groups in total. The van der Waals surface area contributed by atoms with Gasteiger partial charge in [-0.05, 0) is 36.7 Å². The quantitative estimate of drug-likeness (QED) is 0.589. The number of fused-ring (bicyclic) bond motifs is 1. The number of aliphatic hydroxyl groups is 1. The van der Waals surface area contributed by atoms with Gasteiger partial charge in [-0.15, -0.1) is 0 Å². The van der Waals surface area contributed by atoms with E-state index < -0.39 is 57.5 Å². The second-order valence-electron chi connectivity index (χ2n) is 6.63. The van der Waals surface area contributed by atoms with Crippen molar-refractivity contribution >= 4 is 17.7 Å². The van der Waals surface area contributed by atoms with Gasteiger partial charge in [0.25, 0.3) is 5.92 Å². The van der Waals surface area contributed by atoms with E-state index in [9.17, 15) is 31.9 Å². The average Bonchev–Trinajstić information content (AvgIpc) is 2.69. The second kappa shape index (κ2) is 6.26. The minimum absolute atomic E-state index is 0.0599. The maximum absolute atomic E-state index is 13.9. The van der Waals surface area contributed by atoms with Crippen LogP contribution in [0.4, 0.5) is 22.0 Å². The van der Waals surface area contributed by atoms with Gasteiger partial charge in [0.15, 0.2) is 0 Å². The number of thioether (sulfide) groups is 1. The van der Waals surface area contributed by atoms with Crippen LogP contribution >= 0.6 is 11.8 Å². The summed E-state index contributed by atoms with van der Waals surface area (Å²) < 4.78 is 71.4. The molecule has 0 radical (unpaired) electrons. The smallest absolute Gasteiger partial charge is 0.446 e. The molecule has 144 valence electrons. The minimum atomic E-state index is -4.68. The monoisotopic (exact) mass is 397 g/mol. The number of alkyl halides is 5. The summed E-state index contributed by atoms with van der Waals surface area (Å²) in [6, 6.07) is 2.16. The van der Waals surface area contributed by atoms with Crippen LogP contribution in [0.2, 0.25) is 0 Å². The highest BCUT2D eigenvalue weighted by Gasteiger charge is 2.51. The third kappa shape index (κ3) is 3.36. The summed E-state index contributed by atoms with van der Waals surface area (Å²) in [6.45, 7) is -0.137. The molecule has 1 unspecified atom stereocenters. The Labute approximate surface area is 149 Å². The topological polar surface area (TPSA) is 72.6 Å². The number of aliphatic hydroxyl groups excluding tert-OH is 1. The van der Waals surface area contributed by atoms with Crippen LogP contribution in [-0.4, -0.2) is 29.1 Å². The number of halogens is 5. The van der Waals surface area contributed by atoms with Crippen LogP contribution in [-0.2, 0) is 11.2 Å². The summed E-state index contributed by atoms with van der Waals surface area (Å²) in [4.78, 5) is 11.1. The Balaban J connectivity index is 1.92. The van der Waals surface area contributed by atoms with Crippen molar-refractivity contribution in [2.75, 3.05) is 6.61 Å². The molecule has 1 aromatic rings. The summed E-state index contributed by atoms with van der Waals surface area (Å²) in [5.74, 6) is -4.22. The number of amides is 1. The van der Waals surface area contributed by atoms with E-state index in [1.54, 1.807) is 0 Å². The van der Waals surface area contributed by atoms with Crippen LogP contribution in [0.5, 0.6) is 5.75 Å². The van der Waals surface area contributed by atoms with E-state index in [2.05, 4.69) is 0 Å². The predicted octanol–water partition coefficient (Wildman–Crippen LogP) is 3.56. The molecule has 0 aliphatic heterocycles. The third-order valence-electron chi connectivity index (χ3n) is 4.92. The number of ether oxygens (including phenoxy) is 1. The van der Waals surface area contributed by atoms with Crippen molar-refractivity contribution in [1.82, 2.24) is 0 Å². The minimum Gasteiger partial charge on any atom is -0.492 e. The summed E-state index contributed by atoms with van der Waals surface area (Å²) >= 11 is -0.559. The van der Waals surface area contributed by atoms with Crippen molar-refractivity contribution < 1.29 is 36.6 Å². The number of hydrogen-bond donors (Lipinski definition) is 2. The highest BCUT2D eigenvalue weighted by atomic mass is 32.2. The molecule has 10 heteroatoms.